The van der Waals surface area contributed by atoms with Crippen molar-refractivity contribution in [2.24, 2.45) is 17.8 Å². The number of likely N-dealkylation sites (tertiary alicyclic amines) is 1. The van der Waals surface area contributed by atoms with E-state index in [-0.39, 0.29) is 11.8 Å². The van der Waals surface area contributed by atoms with E-state index in [1.807, 2.05) is 4.90 Å². The van der Waals surface area contributed by atoms with Crippen LogP contribution in [-0.2, 0) is 14.3 Å². The van der Waals surface area contributed by atoms with Crippen LogP contribution in [0.15, 0.2) is 0 Å². The summed E-state index contributed by atoms with van der Waals surface area (Å²) in [5.41, 5.74) is 0. The number of nitrogens with zero attached hydrogens (tertiary/aromatic N) is 1. The lowest BCUT2D eigenvalue weighted by atomic mass is 9.97. The van der Waals surface area contributed by atoms with Gasteiger partial charge >= 0.3 is 5.97 Å². The smallest absolute Gasteiger partial charge is 0.307 e. The number of carboxylic acid groups (broad SMARTS) is 1. The minimum absolute atomic E-state index is 0.0354. The SMILES string of the molecule is COCC1CCN(C(=O)[C@@H]2C[C@H]2C(=O)O)CC1. The van der Waals surface area contributed by atoms with Crippen molar-refractivity contribution < 1.29 is 19.4 Å². The van der Waals surface area contributed by atoms with Gasteiger partial charge in [-0.05, 0) is 25.2 Å². The van der Waals surface area contributed by atoms with Gasteiger partial charge in [0.2, 0.25) is 5.91 Å². The molecule has 1 aliphatic heterocycles. The lowest BCUT2D eigenvalue weighted by Crippen LogP contribution is -2.40. The van der Waals surface area contributed by atoms with Crippen molar-refractivity contribution in [1.82, 2.24) is 4.90 Å². The first-order chi connectivity index (χ1) is 8.13. The fourth-order valence-corrected chi connectivity index (χ4v) is 2.53. The molecule has 0 radical (unpaired) electrons. The monoisotopic (exact) mass is 241 g/mol. The van der Waals surface area contributed by atoms with Gasteiger partial charge in [0, 0.05) is 26.8 Å². The van der Waals surface area contributed by atoms with Gasteiger partial charge in [0.1, 0.15) is 0 Å². The number of aliphatic carboxylic acids is 1. The molecule has 2 atom stereocenters. The largest absolute Gasteiger partial charge is 0.481 e. The standard InChI is InChI=1S/C12H19NO4/c1-17-7-8-2-4-13(5-3-8)11(14)9-6-10(9)12(15)16/h8-10H,2-7H2,1H3,(H,15,16)/t9-,10-/m1/s1. The number of hydrogen-bond donors (Lipinski definition) is 1. The second-order valence-corrected chi connectivity index (χ2v) is 5.01. The first kappa shape index (κ1) is 12.4. The molecule has 1 N–H and O–H groups in total. The molecule has 0 aromatic carbocycles. The molecule has 5 heteroatoms. The fourth-order valence-electron chi connectivity index (χ4n) is 2.53. The Hall–Kier alpha value is -1.10. The quantitative estimate of drug-likeness (QED) is 0.782. The number of methoxy groups -OCH3 is 1. The van der Waals surface area contributed by atoms with E-state index in [0.29, 0.717) is 12.3 Å². The van der Waals surface area contributed by atoms with Gasteiger partial charge in [-0.15, -0.1) is 0 Å². The maximum Gasteiger partial charge on any atom is 0.307 e. The molecule has 0 unspecified atom stereocenters. The van der Waals surface area contributed by atoms with Crippen molar-refractivity contribution in [3.63, 3.8) is 0 Å². The molecule has 0 aromatic heterocycles. The number of hydrogen-bond acceptors (Lipinski definition) is 3. The Balaban J connectivity index is 1.78. The second kappa shape index (κ2) is 5.04. The van der Waals surface area contributed by atoms with Gasteiger partial charge in [-0.25, -0.2) is 0 Å². The molecule has 1 saturated heterocycles. The van der Waals surface area contributed by atoms with Crippen LogP contribution in [0.5, 0.6) is 0 Å². The Morgan fingerprint density at radius 3 is 2.41 bits per heavy atom. The molecule has 1 aliphatic carbocycles. The van der Waals surface area contributed by atoms with Crippen molar-refractivity contribution in [3.8, 4) is 0 Å². The molecule has 2 fully saturated rings. The number of rotatable bonds is 4. The summed E-state index contributed by atoms with van der Waals surface area (Å²) in [5.74, 6) is -0.949. The molecule has 1 saturated carbocycles. The van der Waals surface area contributed by atoms with Crippen molar-refractivity contribution >= 4 is 11.9 Å². The van der Waals surface area contributed by atoms with Gasteiger partial charge in [0.05, 0.1) is 11.8 Å². The van der Waals surface area contributed by atoms with Crippen molar-refractivity contribution in [1.29, 1.82) is 0 Å². The molecule has 2 aliphatic rings. The predicted molar refractivity (Wildman–Crippen MR) is 60.4 cm³/mol. The van der Waals surface area contributed by atoms with Crippen LogP contribution in [0, 0.1) is 17.8 Å². The minimum atomic E-state index is -0.836. The van der Waals surface area contributed by atoms with Crippen LogP contribution in [0.4, 0.5) is 0 Å². The Labute approximate surface area is 101 Å². The summed E-state index contributed by atoms with van der Waals surface area (Å²) in [6, 6.07) is 0. The average Bonchev–Trinajstić information content (AvgIpc) is 3.09. The first-order valence-corrected chi connectivity index (χ1v) is 6.14. The van der Waals surface area contributed by atoms with Crippen LogP contribution >= 0.6 is 0 Å². The average molecular weight is 241 g/mol. The number of amides is 1. The number of carbonyl (C=O) groups excluding carboxylic acids is 1. The zero-order chi connectivity index (χ0) is 12.4. The van der Waals surface area contributed by atoms with Crippen LogP contribution in [-0.4, -0.2) is 48.7 Å². The zero-order valence-corrected chi connectivity index (χ0v) is 10.1. The molecule has 0 spiro atoms. The maximum atomic E-state index is 12.0. The highest BCUT2D eigenvalue weighted by molar-refractivity contribution is 5.89. The molecule has 5 nitrogen and oxygen atoms in total. The highest BCUT2D eigenvalue weighted by Gasteiger charge is 2.49. The topological polar surface area (TPSA) is 66.8 Å². The maximum absolute atomic E-state index is 12.0. The van der Waals surface area contributed by atoms with E-state index < -0.39 is 11.9 Å². The third-order valence-corrected chi connectivity index (χ3v) is 3.75. The first-order valence-electron chi connectivity index (χ1n) is 6.14. The molecule has 0 bridgehead atoms. The van der Waals surface area contributed by atoms with Crippen LogP contribution in [0.25, 0.3) is 0 Å². The van der Waals surface area contributed by atoms with Crippen LogP contribution < -0.4 is 0 Å². The van der Waals surface area contributed by atoms with Gasteiger partial charge in [-0.1, -0.05) is 0 Å². The number of ether oxygens (including phenoxy) is 1. The van der Waals surface area contributed by atoms with Crippen molar-refractivity contribution in [2.75, 3.05) is 26.8 Å². The summed E-state index contributed by atoms with van der Waals surface area (Å²) in [7, 11) is 1.69. The molecular formula is C12H19NO4. The Kier molecular flexibility index (Phi) is 3.66. The molecule has 96 valence electrons. The van der Waals surface area contributed by atoms with Gasteiger partial charge in [0.15, 0.2) is 0 Å². The van der Waals surface area contributed by atoms with Gasteiger partial charge in [0.25, 0.3) is 0 Å². The molecule has 17 heavy (non-hydrogen) atoms. The van der Waals surface area contributed by atoms with Gasteiger partial charge in [-0.2, -0.15) is 0 Å². The van der Waals surface area contributed by atoms with E-state index in [0.717, 1.165) is 32.5 Å². The van der Waals surface area contributed by atoms with E-state index in [4.69, 9.17) is 9.84 Å². The van der Waals surface area contributed by atoms with E-state index in [1.54, 1.807) is 7.11 Å². The molecular weight excluding hydrogens is 222 g/mol. The zero-order valence-electron chi connectivity index (χ0n) is 10.1. The van der Waals surface area contributed by atoms with Gasteiger partial charge in [-0.3, -0.25) is 9.59 Å². The summed E-state index contributed by atoms with van der Waals surface area (Å²) < 4.78 is 5.10. The lowest BCUT2D eigenvalue weighted by molar-refractivity contribution is -0.142. The summed E-state index contributed by atoms with van der Waals surface area (Å²) in [5, 5.41) is 8.80. The second-order valence-electron chi connectivity index (χ2n) is 5.01. The van der Waals surface area contributed by atoms with E-state index in [1.165, 1.54) is 0 Å². The Morgan fingerprint density at radius 1 is 1.29 bits per heavy atom. The normalized spacial score (nSPS) is 29.1. The molecule has 2 rings (SSSR count). The highest BCUT2D eigenvalue weighted by atomic mass is 16.5. The fraction of sp³-hybridized carbons (Fsp3) is 0.833. The summed E-state index contributed by atoms with van der Waals surface area (Å²) >= 11 is 0. The van der Waals surface area contributed by atoms with Crippen molar-refractivity contribution in [3.05, 3.63) is 0 Å². The number of carboxylic acids is 1. The summed E-state index contributed by atoms with van der Waals surface area (Å²) in [4.78, 5) is 24.5. The lowest BCUT2D eigenvalue weighted by Gasteiger charge is -2.31. The van der Waals surface area contributed by atoms with E-state index in [9.17, 15) is 9.59 Å². The molecule has 1 amide bonds. The summed E-state index contributed by atoms with van der Waals surface area (Å²) in [6.07, 6.45) is 2.44. The van der Waals surface area contributed by atoms with E-state index >= 15 is 0 Å². The number of piperidine rings is 1. The third kappa shape index (κ3) is 2.77. The Bertz CT molecular complexity index is 310. The van der Waals surface area contributed by atoms with E-state index in [2.05, 4.69) is 0 Å². The Morgan fingerprint density at radius 2 is 1.94 bits per heavy atom. The van der Waals surface area contributed by atoms with Crippen LogP contribution in [0.3, 0.4) is 0 Å². The molecule has 0 aromatic rings. The van der Waals surface area contributed by atoms with Crippen molar-refractivity contribution in [2.45, 2.75) is 19.3 Å². The predicted octanol–water partition coefficient (Wildman–Crippen LogP) is 0.592. The highest BCUT2D eigenvalue weighted by Crippen LogP contribution is 2.40. The third-order valence-electron chi connectivity index (χ3n) is 3.75. The van der Waals surface area contributed by atoms with Crippen LogP contribution in [0.2, 0.25) is 0 Å². The number of carbonyl (C=O) groups is 2. The van der Waals surface area contributed by atoms with Crippen LogP contribution in [0.1, 0.15) is 19.3 Å². The minimum Gasteiger partial charge on any atom is -0.481 e. The molecule has 1 heterocycles. The van der Waals surface area contributed by atoms with Gasteiger partial charge < -0.3 is 14.7 Å². The summed E-state index contributed by atoms with van der Waals surface area (Å²) in [6.45, 7) is 2.24.